The average Bonchev–Trinajstić information content (AvgIpc) is 2.39. The van der Waals surface area contributed by atoms with Gasteiger partial charge in [0, 0.05) is 0 Å². The van der Waals surface area contributed by atoms with Gasteiger partial charge in [-0.3, -0.25) is 0 Å². The third kappa shape index (κ3) is 42.7. The number of carbonyl (C=O) groups excluding carboxylic acids is 3. The van der Waals surface area contributed by atoms with E-state index in [-0.39, 0.29) is 16.7 Å². The summed E-state index contributed by atoms with van der Waals surface area (Å²) >= 11 is 0. The van der Waals surface area contributed by atoms with Gasteiger partial charge in [-0.05, 0) is 42.9 Å². The Labute approximate surface area is 145 Å². The Kier molecular flexibility index (Phi) is 19.2. The van der Waals surface area contributed by atoms with E-state index in [2.05, 4.69) is 47.4 Å². The normalized spacial score (nSPS) is 8.62. The summed E-state index contributed by atoms with van der Waals surface area (Å²) in [6.07, 6.45) is 1.27. The fourth-order valence-corrected chi connectivity index (χ4v) is 0. The van der Waals surface area contributed by atoms with Gasteiger partial charge in [0.15, 0.2) is 0 Å². The van der Waals surface area contributed by atoms with Crippen LogP contribution in [-0.2, 0) is 14.4 Å². The van der Waals surface area contributed by atoms with Gasteiger partial charge in [-0.25, -0.2) is 0 Å². The molecule has 0 radical (unpaired) electrons. The highest BCUT2D eigenvalue weighted by molar-refractivity contribution is 5.83. The smallest absolute Gasteiger partial charge is 0.0666 e. The summed E-state index contributed by atoms with van der Waals surface area (Å²) in [6.45, 7) is 22.4. The molecule has 0 amide bonds. The number of carbonyl (C=O) groups is 3. The van der Waals surface area contributed by atoms with Gasteiger partial charge in [0.25, 0.3) is 0 Å². The van der Waals surface area contributed by atoms with E-state index >= 15 is 0 Å². The Morgan fingerprint density at radius 3 is 0.792 bits per heavy atom. The molecule has 0 aliphatic rings. The van der Waals surface area contributed by atoms with Crippen LogP contribution in [-0.4, -0.2) is 17.9 Å². The molecule has 0 aromatic rings. The SMILES string of the molecule is C=C(C)C(=O)[O-].C=C(C)C(=O)[O-].C=C(C)C(=O)[O-].CCC(C)(C)C. The predicted molar refractivity (Wildman–Crippen MR) is 89.2 cm³/mol. The molecule has 0 aromatic carbocycles. The number of aliphatic carboxylic acids is 3. The molecule has 0 aromatic heterocycles. The number of hydrogen-bond acceptors (Lipinski definition) is 6. The molecule has 0 aliphatic heterocycles. The van der Waals surface area contributed by atoms with E-state index in [9.17, 15) is 29.7 Å². The van der Waals surface area contributed by atoms with Crippen LogP contribution in [0.3, 0.4) is 0 Å². The van der Waals surface area contributed by atoms with E-state index in [1.165, 1.54) is 27.2 Å². The predicted octanol–water partition coefficient (Wildman–Crippen LogP) is 0.380. The standard InChI is InChI=1S/C6H14.3C4H6O2/c1-5-6(2,3)4;3*1-3(2)4(5)6/h5H2,1-4H3;3*1H2,2H3,(H,5,6)/p-3. The first-order valence-corrected chi connectivity index (χ1v) is 7.10. The Balaban J connectivity index is -0.000000111. The number of rotatable bonds is 3. The van der Waals surface area contributed by atoms with Crippen molar-refractivity contribution in [1.82, 2.24) is 0 Å². The molecule has 0 spiro atoms. The van der Waals surface area contributed by atoms with Crippen molar-refractivity contribution in [2.45, 2.75) is 54.9 Å². The van der Waals surface area contributed by atoms with Gasteiger partial charge >= 0.3 is 0 Å². The minimum absolute atomic E-state index is 0.0648. The van der Waals surface area contributed by atoms with Crippen molar-refractivity contribution in [1.29, 1.82) is 0 Å². The molecule has 0 bridgehead atoms. The van der Waals surface area contributed by atoms with Crippen molar-refractivity contribution < 1.29 is 29.7 Å². The first kappa shape index (κ1) is 29.6. The van der Waals surface area contributed by atoms with Gasteiger partial charge < -0.3 is 29.7 Å². The largest absolute Gasteiger partial charge is 0.545 e. The van der Waals surface area contributed by atoms with Crippen molar-refractivity contribution in [3.8, 4) is 0 Å². The summed E-state index contributed by atoms with van der Waals surface area (Å²) in [5.74, 6) is -3.56. The van der Waals surface area contributed by atoms with Gasteiger partial charge in [0.2, 0.25) is 0 Å². The number of hydrogen-bond donors (Lipinski definition) is 0. The summed E-state index contributed by atoms with van der Waals surface area (Å²) in [5.41, 5.74) is 0.736. The molecule has 0 atom stereocenters. The van der Waals surface area contributed by atoms with Crippen molar-refractivity contribution >= 4 is 17.9 Å². The molecule has 0 unspecified atom stereocenters. The fourth-order valence-electron chi connectivity index (χ4n) is 0. The number of carboxylic acid groups (broad SMARTS) is 3. The lowest BCUT2D eigenvalue weighted by molar-refractivity contribution is -0.300. The van der Waals surface area contributed by atoms with Gasteiger partial charge in [-0.2, -0.15) is 0 Å². The molecule has 0 N–H and O–H groups in total. The Hall–Kier alpha value is -2.37. The molecule has 6 nitrogen and oxygen atoms in total. The second-order valence-electron chi connectivity index (χ2n) is 6.12. The van der Waals surface area contributed by atoms with E-state index in [4.69, 9.17) is 0 Å². The molecule has 6 heteroatoms. The fraction of sp³-hybridized carbons (Fsp3) is 0.500. The van der Waals surface area contributed by atoms with Crippen LogP contribution in [0.1, 0.15) is 54.9 Å². The van der Waals surface area contributed by atoms with Crippen LogP contribution in [0.5, 0.6) is 0 Å². The zero-order chi connectivity index (χ0) is 20.7. The van der Waals surface area contributed by atoms with E-state index < -0.39 is 17.9 Å². The summed E-state index contributed by atoms with van der Waals surface area (Å²) in [7, 11) is 0. The van der Waals surface area contributed by atoms with Crippen LogP contribution in [0, 0.1) is 5.41 Å². The molecule has 0 saturated heterocycles. The second kappa shape index (κ2) is 15.5. The monoisotopic (exact) mass is 341 g/mol. The lowest BCUT2D eigenvalue weighted by atomic mass is 9.94. The topological polar surface area (TPSA) is 120 Å². The van der Waals surface area contributed by atoms with Crippen molar-refractivity contribution in [2.24, 2.45) is 5.41 Å². The van der Waals surface area contributed by atoms with Crippen LogP contribution in [0.25, 0.3) is 0 Å². The quantitative estimate of drug-likeness (QED) is 0.684. The molecule has 0 heterocycles. The third-order valence-corrected chi connectivity index (χ3v) is 2.11. The molecule has 0 fully saturated rings. The van der Waals surface area contributed by atoms with Crippen molar-refractivity contribution in [3.63, 3.8) is 0 Å². The summed E-state index contributed by atoms with van der Waals surface area (Å²) in [4.78, 5) is 28.5. The molecule has 24 heavy (non-hydrogen) atoms. The van der Waals surface area contributed by atoms with E-state index in [1.54, 1.807) is 0 Å². The molecular weight excluding hydrogens is 312 g/mol. The summed E-state index contributed by atoms with van der Waals surface area (Å²) in [6, 6.07) is 0. The van der Waals surface area contributed by atoms with Crippen molar-refractivity contribution in [3.05, 3.63) is 36.5 Å². The van der Waals surface area contributed by atoms with E-state index in [0.29, 0.717) is 5.41 Å². The van der Waals surface area contributed by atoms with Gasteiger partial charge in [0.05, 0.1) is 17.9 Å². The Morgan fingerprint density at radius 1 is 0.708 bits per heavy atom. The summed E-state index contributed by atoms with van der Waals surface area (Å²) in [5, 5.41) is 28.5. The molecule has 0 saturated carbocycles. The average molecular weight is 341 g/mol. The highest BCUT2D eigenvalue weighted by atomic mass is 16.4. The zero-order valence-electron chi connectivity index (χ0n) is 15.8. The van der Waals surface area contributed by atoms with Crippen LogP contribution in [0.2, 0.25) is 0 Å². The summed E-state index contributed by atoms with van der Waals surface area (Å²) < 4.78 is 0. The van der Waals surface area contributed by atoms with Crippen LogP contribution < -0.4 is 15.3 Å². The van der Waals surface area contributed by atoms with Crippen LogP contribution in [0.4, 0.5) is 0 Å². The first-order chi connectivity index (χ1) is 10.5. The third-order valence-electron chi connectivity index (χ3n) is 2.11. The van der Waals surface area contributed by atoms with Gasteiger partial charge in [0.1, 0.15) is 0 Å². The maximum atomic E-state index is 9.49. The zero-order valence-corrected chi connectivity index (χ0v) is 15.8. The van der Waals surface area contributed by atoms with E-state index in [1.807, 2.05) is 0 Å². The lowest BCUT2D eigenvalue weighted by Crippen LogP contribution is -2.22. The highest BCUT2D eigenvalue weighted by Crippen LogP contribution is 2.16. The van der Waals surface area contributed by atoms with Crippen molar-refractivity contribution in [2.75, 3.05) is 0 Å². The maximum Gasteiger partial charge on any atom is 0.0666 e. The second-order valence-corrected chi connectivity index (χ2v) is 6.12. The van der Waals surface area contributed by atoms with Gasteiger partial charge in [-0.15, -0.1) is 0 Å². The van der Waals surface area contributed by atoms with Crippen LogP contribution >= 0.6 is 0 Å². The minimum atomic E-state index is -1.19. The number of carboxylic acids is 3. The molecule has 140 valence electrons. The Bertz CT molecular complexity index is 360. The minimum Gasteiger partial charge on any atom is -0.545 e. The lowest BCUT2D eigenvalue weighted by Gasteiger charge is -2.12. The molecular formula is C18H29O6-3. The maximum absolute atomic E-state index is 9.49. The van der Waals surface area contributed by atoms with E-state index in [0.717, 1.165) is 0 Å². The molecule has 0 rings (SSSR count). The van der Waals surface area contributed by atoms with Crippen LogP contribution in [0.15, 0.2) is 36.5 Å². The first-order valence-electron chi connectivity index (χ1n) is 7.10. The molecule has 0 aliphatic carbocycles. The van der Waals surface area contributed by atoms with Gasteiger partial charge in [-0.1, -0.05) is 53.9 Å². The highest BCUT2D eigenvalue weighted by Gasteiger charge is 2.03. The Morgan fingerprint density at radius 2 is 0.792 bits per heavy atom.